The minimum Gasteiger partial charge on any atom is -0.504 e. The van der Waals surface area contributed by atoms with Crippen molar-refractivity contribution < 1.29 is 20.1 Å². The highest BCUT2D eigenvalue weighted by molar-refractivity contribution is 5.95. The van der Waals surface area contributed by atoms with E-state index in [-0.39, 0.29) is 29.5 Å². The predicted octanol–water partition coefficient (Wildman–Crippen LogP) is 6.01. The second-order valence-corrected chi connectivity index (χ2v) is 12.1. The number of amides is 1. The third-order valence-electron chi connectivity index (χ3n) is 9.49. The van der Waals surface area contributed by atoms with Crippen molar-refractivity contribution in [1.29, 1.82) is 0 Å². The van der Waals surface area contributed by atoms with Gasteiger partial charge in [0.15, 0.2) is 11.5 Å². The monoisotopic (exact) mass is 546 g/mol. The normalized spacial score (nSPS) is 28.0. The van der Waals surface area contributed by atoms with Crippen LogP contribution in [0.25, 0.3) is 6.08 Å². The molecule has 0 radical (unpaired) electrons. The van der Waals surface area contributed by atoms with Crippen LogP contribution >= 0.6 is 0 Å². The Balaban J connectivity index is 0.00000118. The van der Waals surface area contributed by atoms with E-state index >= 15 is 0 Å². The zero-order valence-electron chi connectivity index (χ0n) is 24.5. The van der Waals surface area contributed by atoms with Crippen molar-refractivity contribution in [3.63, 3.8) is 0 Å². The summed E-state index contributed by atoms with van der Waals surface area (Å²) < 4.78 is 0. The van der Waals surface area contributed by atoms with Gasteiger partial charge in [-0.2, -0.15) is 0 Å². The fourth-order valence-electron chi connectivity index (χ4n) is 7.09. The van der Waals surface area contributed by atoms with Crippen LogP contribution in [-0.2, 0) is 5.41 Å². The maximum atomic E-state index is 13.3. The molecule has 6 nitrogen and oxygen atoms in total. The third kappa shape index (κ3) is 5.44. The lowest BCUT2D eigenvalue weighted by Crippen LogP contribution is -2.71. The molecule has 1 heterocycles. The van der Waals surface area contributed by atoms with E-state index in [9.17, 15) is 20.1 Å². The van der Waals surface area contributed by atoms with Crippen LogP contribution in [0.5, 0.6) is 11.5 Å². The second-order valence-electron chi connectivity index (χ2n) is 12.1. The smallest absolute Gasteiger partial charge is 0.251 e. The first-order chi connectivity index (χ1) is 19.0. The molecule has 0 bridgehead atoms. The first-order valence-corrected chi connectivity index (χ1v) is 14.6. The average molecular weight is 547 g/mol. The van der Waals surface area contributed by atoms with E-state index in [1.54, 1.807) is 12.2 Å². The van der Waals surface area contributed by atoms with E-state index in [0.717, 1.165) is 29.8 Å². The maximum Gasteiger partial charge on any atom is 0.251 e. The van der Waals surface area contributed by atoms with Crippen LogP contribution in [0.1, 0.15) is 85.0 Å². The fourth-order valence-corrected chi connectivity index (χ4v) is 7.09. The number of fused-ring (bicyclic) bond motifs is 1. The highest BCUT2D eigenvalue weighted by Gasteiger charge is 2.62. The molecule has 2 aromatic carbocycles. The van der Waals surface area contributed by atoms with Gasteiger partial charge in [0, 0.05) is 35.2 Å². The molecule has 4 N–H and O–H groups in total. The summed E-state index contributed by atoms with van der Waals surface area (Å²) in [6.45, 7) is 16.9. The summed E-state index contributed by atoms with van der Waals surface area (Å²) in [5.74, 6) is 0.236. The number of nitrogens with zero attached hydrogens (tertiary/aromatic N) is 1. The quantitative estimate of drug-likeness (QED) is 0.263. The Morgan fingerprint density at radius 1 is 1.10 bits per heavy atom. The summed E-state index contributed by atoms with van der Waals surface area (Å²) in [5.41, 5.74) is 2.15. The van der Waals surface area contributed by atoms with Gasteiger partial charge in [-0.05, 0) is 114 Å². The van der Waals surface area contributed by atoms with Crippen LogP contribution < -0.4 is 5.32 Å². The molecule has 216 valence electrons. The topological polar surface area (TPSA) is 93.0 Å². The Hall–Kier alpha value is -3.09. The zero-order valence-corrected chi connectivity index (χ0v) is 24.5. The minimum absolute atomic E-state index is 0.105. The van der Waals surface area contributed by atoms with Gasteiger partial charge in [-0.1, -0.05) is 30.9 Å². The summed E-state index contributed by atoms with van der Waals surface area (Å²) in [6, 6.07) is 8.65. The molecule has 0 spiro atoms. The minimum atomic E-state index is -1.10. The van der Waals surface area contributed by atoms with Crippen LogP contribution in [0.15, 0.2) is 49.6 Å². The van der Waals surface area contributed by atoms with Gasteiger partial charge in [0.05, 0.1) is 5.60 Å². The van der Waals surface area contributed by atoms with Gasteiger partial charge in [0.1, 0.15) is 0 Å². The van der Waals surface area contributed by atoms with Crippen LogP contribution in [0.4, 0.5) is 0 Å². The van der Waals surface area contributed by atoms with Crippen molar-refractivity contribution in [2.45, 2.75) is 89.3 Å². The van der Waals surface area contributed by atoms with Gasteiger partial charge < -0.3 is 20.6 Å². The summed E-state index contributed by atoms with van der Waals surface area (Å²) in [5, 5.41) is 37.4. The molecule has 1 saturated heterocycles. The van der Waals surface area contributed by atoms with Crippen molar-refractivity contribution in [3.05, 3.63) is 77.4 Å². The molecule has 3 fully saturated rings. The van der Waals surface area contributed by atoms with E-state index in [2.05, 4.69) is 30.3 Å². The lowest BCUT2D eigenvalue weighted by Gasteiger charge is -2.61. The van der Waals surface area contributed by atoms with Crippen LogP contribution in [-0.4, -0.2) is 56.9 Å². The zero-order chi connectivity index (χ0) is 29.2. The standard InChI is InChI=1S/C31H40N2O4.C3H6/c1-5-23-16-24(10-6-19(23)2)29(36)32-25-12-13-31(37)21(4)33(18-22-8-9-22)15-14-30(31,17-25)27-20(3)7-11-26(34)28(27)35;1-3-2/h5-7,10-11,16,21-22,25,34-35,37H,1,8-9,12-15,17-18H2,2-4H3,(H,32,36);3H,1H2,2H3. The molecule has 0 aromatic heterocycles. The number of allylic oxidation sites excluding steroid dienone is 1. The third-order valence-corrected chi connectivity index (χ3v) is 9.49. The molecule has 6 heteroatoms. The largest absolute Gasteiger partial charge is 0.504 e. The molecule has 40 heavy (non-hydrogen) atoms. The highest BCUT2D eigenvalue weighted by atomic mass is 16.3. The van der Waals surface area contributed by atoms with Gasteiger partial charge in [-0.3, -0.25) is 9.69 Å². The van der Waals surface area contributed by atoms with Crippen molar-refractivity contribution in [3.8, 4) is 11.5 Å². The van der Waals surface area contributed by atoms with Crippen molar-refractivity contribution in [2.75, 3.05) is 13.1 Å². The summed E-state index contributed by atoms with van der Waals surface area (Å²) in [7, 11) is 0. The lowest BCUT2D eigenvalue weighted by molar-refractivity contribution is -0.159. The van der Waals surface area contributed by atoms with Crippen molar-refractivity contribution in [1.82, 2.24) is 10.2 Å². The van der Waals surface area contributed by atoms with E-state index in [0.29, 0.717) is 42.7 Å². The molecule has 4 unspecified atom stereocenters. The Bertz CT molecular complexity index is 1270. The van der Waals surface area contributed by atoms with Crippen LogP contribution in [0.2, 0.25) is 0 Å². The van der Waals surface area contributed by atoms with Crippen molar-refractivity contribution >= 4 is 12.0 Å². The average Bonchev–Trinajstić information content (AvgIpc) is 3.74. The van der Waals surface area contributed by atoms with Crippen LogP contribution in [0, 0.1) is 19.8 Å². The number of aliphatic hydroxyl groups is 1. The number of likely N-dealkylation sites (tertiary alicyclic amines) is 1. The Labute approximate surface area is 239 Å². The molecule has 2 aliphatic carbocycles. The molecule has 1 aliphatic heterocycles. The molecule has 1 amide bonds. The number of aromatic hydroxyl groups is 2. The Kier molecular flexibility index (Phi) is 8.81. The van der Waals surface area contributed by atoms with E-state index < -0.39 is 11.0 Å². The highest BCUT2D eigenvalue weighted by Crippen LogP contribution is 2.58. The first-order valence-electron chi connectivity index (χ1n) is 14.6. The number of carbonyl (C=O) groups excluding carboxylic acids is 1. The number of nitrogens with one attached hydrogen (secondary N) is 1. The van der Waals surface area contributed by atoms with Crippen LogP contribution in [0.3, 0.4) is 0 Å². The molecule has 2 aromatic rings. The molecule has 3 aliphatic rings. The number of benzene rings is 2. The molecular formula is C34H46N2O4. The number of carbonyl (C=O) groups is 1. The Morgan fingerprint density at radius 2 is 1.77 bits per heavy atom. The number of hydrogen-bond donors (Lipinski definition) is 4. The summed E-state index contributed by atoms with van der Waals surface area (Å²) in [6.07, 6.45) is 8.29. The van der Waals surface area contributed by atoms with Gasteiger partial charge in [-0.15, -0.1) is 6.58 Å². The lowest BCUT2D eigenvalue weighted by atomic mass is 9.52. The maximum absolute atomic E-state index is 13.3. The van der Waals surface area contributed by atoms with E-state index in [1.807, 2.05) is 45.0 Å². The number of rotatable bonds is 6. The van der Waals surface area contributed by atoms with E-state index in [4.69, 9.17) is 0 Å². The molecular weight excluding hydrogens is 500 g/mol. The number of hydrogen-bond acceptors (Lipinski definition) is 5. The number of phenols is 2. The van der Waals surface area contributed by atoms with Crippen molar-refractivity contribution in [2.24, 2.45) is 5.92 Å². The summed E-state index contributed by atoms with van der Waals surface area (Å²) >= 11 is 0. The molecule has 5 rings (SSSR count). The molecule has 4 atom stereocenters. The van der Waals surface area contributed by atoms with Gasteiger partial charge in [0.25, 0.3) is 5.91 Å². The summed E-state index contributed by atoms with van der Waals surface area (Å²) in [4.78, 5) is 15.7. The SMILES string of the molecule is C=CC.C=Cc1cc(C(=O)NC2CCC3(O)C(C)N(CC4CC4)CCC3(c3c(C)ccc(O)c3O)C2)ccc1C. The van der Waals surface area contributed by atoms with Gasteiger partial charge in [-0.25, -0.2) is 0 Å². The van der Waals surface area contributed by atoms with E-state index in [1.165, 1.54) is 18.9 Å². The fraction of sp³-hybridized carbons (Fsp3) is 0.500. The molecule has 2 saturated carbocycles. The first kappa shape index (κ1) is 29.9. The number of aryl methyl sites for hydroxylation is 2. The Morgan fingerprint density at radius 3 is 2.42 bits per heavy atom. The van der Waals surface area contributed by atoms with Gasteiger partial charge in [0.2, 0.25) is 0 Å². The number of phenolic OH excluding ortho intramolecular Hbond substituents is 2. The second kappa shape index (κ2) is 11.8. The predicted molar refractivity (Wildman–Crippen MR) is 162 cm³/mol. The van der Waals surface area contributed by atoms with Gasteiger partial charge >= 0.3 is 0 Å². The number of piperidine rings is 1.